The van der Waals surface area contributed by atoms with Crippen molar-refractivity contribution >= 4 is 17.5 Å². The van der Waals surface area contributed by atoms with Gasteiger partial charge < -0.3 is 20.1 Å². The first-order valence-electron chi connectivity index (χ1n) is 10.6. The number of terminal acetylenes is 1. The quantitative estimate of drug-likeness (QED) is 0.310. The van der Waals surface area contributed by atoms with Gasteiger partial charge in [-0.15, -0.1) is 6.42 Å². The molecule has 0 aromatic heterocycles. The van der Waals surface area contributed by atoms with Crippen LogP contribution >= 0.6 is 0 Å². The van der Waals surface area contributed by atoms with E-state index in [1.54, 1.807) is 48.5 Å². The summed E-state index contributed by atoms with van der Waals surface area (Å²) in [5, 5.41) is 9.55. The van der Waals surface area contributed by atoms with E-state index in [0.29, 0.717) is 17.2 Å². The second kappa shape index (κ2) is 12.0. The third-order valence-electron chi connectivity index (χ3n) is 5.22. The number of nitrogens with zero attached hydrogens (tertiary/aromatic N) is 2. The first kappa shape index (κ1) is 23.5. The minimum absolute atomic E-state index is 0.0556. The van der Waals surface area contributed by atoms with Crippen LogP contribution in [0.5, 0.6) is 11.5 Å². The highest BCUT2D eigenvalue weighted by molar-refractivity contribution is 5.78. The van der Waals surface area contributed by atoms with Crippen molar-refractivity contribution < 1.29 is 19.1 Å². The molecule has 0 aliphatic heterocycles. The standard InChI is InChI=1S/C24H25N5O4/c1-2-17-3-11-21(12-4-17)32-15-23(30)26-18-5-7-19(8-6-18)27-24(31)16-33-22-13-9-20(10-14-22)28-29-25/h1,3-4,9-14,18-19,25H,5-8,15-16H2,(H-,26,27,30,31)/p+1/t18-,19-. The van der Waals surface area contributed by atoms with Crippen LogP contribution in [-0.4, -0.2) is 37.1 Å². The van der Waals surface area contributed by atoms with Gasteiger partial charge in [0.1, 0.15) is 17.0 Å². The third-order valence-corrected chi connectivity index (χ3v) is 5.22. The molecule has 0 radical (unpaired) electrons. The average molecular weight is 449 g/mol. The fourth-order valence-electron chi connectivity index (χ4n) is 3.53. The highest BCUT2D eigenvalue weighted by Crippen LogP contribution is 2.20. The normalized spacial score (nSPS) is 17.1. The Morgan fingerprint density at radius 2 is 1.36 bits per heavy atom. The van der Waals surface area contributed by atoms with Crippen LogP contribution in [0, 0.1) is 17.9 Å². The Labute approximate surface area is 192 Å². The van der Waals surface area contributed by atoms with E-state index < -0.39 is 0 Å². The molecule has 1 aliphatic rings. The predicted octanol–water partition coefficient (Wildman–Crippen LogP) is 2.85. The summed E-state index contributed by atoms with van der Waals surface area (Å²) in [4.78, 5) is 27.3. The van der Waals surface area contributed by atoms with E-state index in [0.717, 1.165) is 31.2 Å². The lowest BCUT2D eigenvalue weighted by molar-refractivity contribution is -0.125. The van der Waals surface area contributed by atoms with Crippen molar-refractivity contribution in [3.63, 3.8) is 0 Å². The molecule has 0 bridgehead atoms. The van der Waals surface area contributed by atoms with Gasteiger partial charge in [0, 0.05) is 17.6 Å². The van der Waals surface area contributed by atoms with Gasteiger partial charge in [-0.1, -0.05) is 5.92 Å². The molecular formula is C24H26N5O4+. The van der Waals surface area contributed by atoms with Gasteiger partial charge in [0.15, 0.2) is 24.0 Å². The summed E-state index contributed by atoms with van der Waals surface area (Å²) in [6, 6.07) is 13.8. The number of hydrogen-bond donors (Lipinski definition) is 3. The summed E-state index contributed by atoms with van der Waals surface area (Å²) in [6.45, 7) is -0.147. The van der Waals surface area contributed by atoms with E-state index in [4.69, 9.17) is 21.4 Å². The lowest BCUT2D eigenvalue weighted by Crippen LogP contribution is -2.45. The second-order valence-electron chi connectivity index (χ2n) is 7.62. The molecule has 0 atom stereocenters. The lowest BCUT2D eigenvalue weighted by atomic mass is 9.91. The monoisotopic (exact) mass is 448 g/mol. The van der Waals surface area contributed by atoms with Gasteiger partial charge in [0.2, 0.25) is 4.91 Å². The van der Waals surface area contributed by atoms with Crippen LogP contribution in [-0.2, 0) is 9.59 Å². The number of hydrogen-bond acceptors (Lipinski definition) is 6. The summed E-state index contributed by atoms with van der Waals surface area (Å²) >= 11 is 0. The van der Waals surface area contributed by atoms with Crippen molar-refractivity contribution in [3.8, 4) is 23.8 Å². The topological polar surface area (TPSA) is 127 Å². The number of carbonyl (C=O) groups excluding carboxylic acids is 2. The van der Waals surface area contributed by atoms with Gasteiger partial charge in [-0.3, -0.25) is 9.59 Å². The van der Waals surface area contributed by atoms with Crippen LogP contribution in [0.4, 0.5) is 5.69 Å². The van der Waals surface area contributed by atoms with E-state index in [-0.39, 0.29) is 37.1 Å². The van der Waals surface area contributed by atoms with E-state index in [2.05, 4.69) is 26.6 Å². The number of benzene rings is 2. The molecule has 9 nitrogen and oxygen atoms in total. The van der Waals surface area contributed by atoms with E-state index in [1.165, 1.54) is 0 Å². The molecule has 1 fully saturated rings. The molecule has 2 amide bonds. The number of ether oxygens (including phenoxy) is 2. The van der Waals surface area contributed by atoms with Crippen molar-refractivity contribution in [1.29, 1.82) is 5.53 Å². The van der Waals surface area contributed by atoms with Gasteiger partial charge in [0.05, 0.1) is 0 Å². The first-order valence-corrected chi connectivity index (χ1v) is 10.6. The van der Waals surface area contributed by atoms with Gasteiger partial charge in [-0.2, -0.15) is 0 Å². The highest BCUT2D eigenvalue weighted by atomic mass is 16.5. The third kappa shape index (κ3) is 7.80. The zero-order valence-electron chi connectivity index (χ0n) is 18.1. The van der Waals surface area contributed by atoms with Crippen molar-refractivity contribution in [1.82, 2.24) is 15.5 Å². The van der Waals surface area contributed by atoms with Gasteiger partial charge in [-0.05, 0) is 74.2 Å². The Morgan fingerprint density at radius 1 is 0.909 bits per heavy atom. The molecule has 3 rings (SSSR count). The molecule has 2 aromatic rings. The largest absolute Gasteiger partial charge is 0.484 e. The van der Waals surface area contributed by atoms with Crippen LogP contribution in [0.25, 0.3) is 0 Å². The maximum Gasteiger partial charge on any atom is 0.258 e. The molecule has 3 N–H and O–H groups in total. The summed E-state index contributed by atoms with van der Waals surface area (Å²) in [6.07, 6.45) is 8.43. The number of amides is 2. The minimum Gasteiger partial charge on any atom is -0.484 e. The molecule has 2 aromatic carbocycles. The Bertz CT molecular complexity index is 1030. The molecule has 0 heterocycles. The fourth-order valence-corrected chi connectivity index (χ4v) is 3.53. The maximum atomic E-state index is 12.2. The fraction of sp³-hybridized carbons (Fsp3) is 0.333. The lowest BCUT2D eigenvalue weighted by Gasteiger charge is -2.29. The Kier molecular flexibility index (Phi) is 8.57. The average Bonchev–Trinajstić information content (AvgIpc) is 2.84. The number of rotatable bonds is 9. The second-order valence-corrected chi connectivity index (χ2v) is 7.62. The number of nitrogens with one attached hydrogen (secondary N) is 3. The van der Waals surface area contributed by atoms with Crippen molar-refractivity contribution in [2.45, 2.75) is 37.8 Å². The van der Waals surface area contributed by atoms with Crippen LogP contribution in [0.2, 0.25) is 0 Å². The Balaban J connectivity index is 1.31. The van der Waals surface area contributed by atoms with Gasteiger partial charge in [-0.25, -0.2) is 0 Å². The van der Waals surface area contributed by atoms with Crippen molar-refractivity contribution in [2.24, 2.45) is 5.11 Å². The summed E-state index contributed by atoms with van der Waals surface area (Å²) in [5.41, 5.74) is 8.00. The van der Waals surface area contributed by atoms with Crippen molar-refractivity contribution in [3.05, 3.63) is 54.1 Å². The molecule has 170 valence electrons. The summed E-state index contributed by atoms with van der Waals surface area (Å²) < 4.78 is 11.0. The molecule has 9 heteroatoms. The van der Waals surface area contributed by atoms with Crippen LogP contribution in [0.3, 0.4) is 0 Å². The number of carbonyl (C=O) groups is 2. The van der Waals surface area contributed by atoms with E-state index >= 15 is 0 Å². The SMILES string of the molecule is C#Cc1ccc(OCC(=O)N[C@H]2CC[C@H](NC(=O)COc3ccc(N=[N+]=N)cc3)CC2)cc1. The van der Waals surface area contributed by atoms with Crippen LogP contribution in [0.15, 0.2) is 53.6 Å². The van der Waals surface area contributed by atoms with E-state index in [9.17, 15) is 9.59 Å². The zero-order valence-corrected chi connectivity index (χ0v) is 18.1. The smallest absolute Gasteiger partial charge is 0.258 e. The van der Waals surface area contributed by atoms with Crippen LogP contribution in [0.1, 0.15) is 31.2 Å². The first-order chi connectivity index (χ1) is 16.1. The predicted molar refractivity (Wildman–Crippen MR) is 121 cm³/mol. The van der Waals surface area contributed by atoms with Gasteiger partial charge >= 0.3 is 0 Å². The molecule has 0 spiro atoms. The van der Waals surface area contributed by atoms with Gasteiger partial charge in [0.25, 0.3) is 11.8 Å². The zero-order chi connectivity index (χ0) is 23.5. The van der Waals surface area contributed by atoms with Crippen molar-refractivity contribution in [2.75, 3.05) is 13.2 Å². The molecule has 1 saturated carbocycles. The molecular weight excluding hydrogens is 422 g/mol. The molecule has 0 saturated heterocycles. The Morgan fingerprint density at radius 3 is 1.79 bits per heavy atom. The molecule has 0 unspecified atom stereocenters. The molecule has 33 heavy (non-hydrogen) atoms. The summed E-state index contributed by atoms with van der Waals surface area (Å²) in [7, 11) is 0. The maximum absolute atomic E-state index is 12.2. The minimum atomic E-state index is -0.193. The Hall–Kier alpha value is -4.15. The molecule has 1 aliphatic carbocycles. The van der Waals surface area contributed by atoms with E-state index in [1.807, 2.05) is 0 Å². The van der Waals surface area contributed by atoms with Crippen LogP contribution < -0.4 is 25.0 Å². The summed E-state index contributed by atoms with van der Waals surface area (Å²) in [5.74, 6) is 3.29. The highest BCUT2D eigenvalue weighted by Gasteiger charge is 2.23.